The van der Waals surface area contributed by atoms with Gasteiger partial charge in [-0.2, -0.15) is 0 Å². The van der Waals surface area contributed by atoms with Crippen molar-refractivity contribution < 1.29 is 0 Å². The smallest absolute Gasteiger partial charge is 0.0972 e. The Hall–Kier alpha value is -9.19. The van der Waals surface area contributed by atoms with Crippen LogP contribution >= 0.6 is 0 Å². The van der Waals surface area contributed by atoms with Crippen molar-refractivity contribution in [3.8, 4) is 44.9 Å². The zero-order valence-electron chi connectivity index (χ0n) is 36.8. The van der Waals surface area contributed by atoms with Crippen molar-refractivity contribution in [2.75, 3.05) is 4.90 Å². The molecular weight excluding hydrogens is 827 g/mol. The largest absolute Gasteiger partial charge is 0.311 e. The number of pyridine rings is 3. The van der Waals surface area contributed by atoms with Crippen molar-refractivity contribution in [1.82, 2.24) is 19.4 Å². The van der Waals surface area contributed by atoms with Gasteiger partial charge < -0.3 is 9.30 Å². The van der Waals surface area contributed by atoms with Gasteiger partial charge in [-0.3, -0.25) is 9.97 Å². The number of hydrogen-bond acceptors (Lipinski definition) is 4. The molecule has 68 heavy (non-hydrogen) atoms. The molecule has 9 aromatic carbocycles. The van der Waals surface area contributed by atoms with Gasteiger partial charge in [-0.05, 0) is 94.0 Å². The second-order valence-corrected chi connectivity index (χ2v) is 17.6. The number of benzene rings is 9. The van der Waals surface area contributed by atoms with E-state index >= 15 is 0 Å². The number of hydrogen-bond donors (Lipinski definition) is 0. The van der Waals surface area contributed by atoms with Crippen LogP contribution in [0.4, 0.5) is 17.1 Å². The Morgan fingerprint density at radius 1 is 0.338 bits per heavy atom. The summed E-state index contributed by atoms with van der Waals surface area (Å²) in [6.07, 6.45) is 3.85. The fourth-order valence-corrected chi connectivity index (χ4v) is 10.5. The zero-order chi connectivity index (χ0) is 44.7. The topological polar surface area (TPSA) is 46.3 Å². The predicted molar refractivity (Wildman–Crippen MR) is 283 cm³/mol. The molecule has 0 fully saturated rings. The predicted octanol–water partition coefficient (Wildman–Crippen LogP) is 16.6. The van der Waals surface area contributed by atoms with Gasteiger partial charge >= 0.3 is 0 Å². The van der Waals surface area contributed by atoms with E-state index in [4.69, 9.17) is 15.0 Å². The van der Waals surface area contributed by atoms with Crippen molar-refractivity contribution in [1.29, 1.82) is 0 Å². The van der Waals surface area contributed by atoms with E-state index < -0.39 is 0 Å². The van der Waals surface area contributed by atoms with Gasteiger partial charge in [-0.25, -0.2) is 4.98 Å². The monoisotopic (exact) mass is 865 g/mol. The Bertz CT molecular complexity index is 4230. The Balaban J connectivity index is 0.857. The van der Waals surface area contributed by atoms with E-state index in [2.05, 4.69) is 209 Å². The third-order valence-electron chi connectivity index (χ3n) is 13.8. The highest BCUT2D eigenvalue weighted by atomic mass is 15.1. The SMILES string of the molecule is c1ccc(-c2nc(-c3ccc(N(c4ccc(-c5ccc6c7cccc8c9ccccc9n(c6c5)c87)cc4)c4ccc(-c5cc6ccc7ccccc7c6cn5)cc4)cc3)cc3cccnc23)cc1. The van der Waals surface area contributed by atoms with Crippen molar-refractivity contribution in [2.45, 2.75) is 0 Å². The van der Waals surface area contributed by atoms with Gasteiger partial charge in [0, 0.05) is 78.5 Å². The van der Waals surface area contributed by atoms with Crippen LogP contribution in [0, 0.1) is 0 Å². The van der Waals surface area contributed by atoms with Gasteiger partial charge in [0.15, 0.2) is 0 Å². The maximum absolute atomic E-state index is 5.22. The summed E-state index contributed by atoms with van der Waals surface area (Å²) in [5, 5.41) is 11.0. The van der Waals surface area contributed by atoms with Gasteiger partial charge in [-0.1, -0.05) is 158 Å². The molecule has 0 radical (unpaired) electrons. The minimum atomic E-state index is 0.877. The van der Waals surface area contributed by atoms with E-state index in [0.717, 1.165) is 72.7 Å². The van der Waals surface area contributed by atoms with Crippen LogP contribution in [-0.2, 0) is 0 Å². The molecule has 0 N–H and O–H groups in total. The van der Waals surface area contributed by atoms with Crippen LogP contribution in [0.5, 0.6) is 0 Å². The molecule has 14 aromatic rings. The molecule has 0 aliphatic rings. The number of para-hydroxylation sites is 2. The van der Waals surface area contributed by atoms with Crippen LogP contribution in [0.3, 0.4) is 0 Å². The minimum absolute atomic E-state index is 0.877. The number of rotatable bonds is 7. The second kappa shape index (κ2) is 15.2. The highest BCUT2D eigenvalue weighted by molar-refractivity contribution is 6.23. The first-order valence-corrected chi connectivity index (χ1v) is 23.1. The van der Waals surface area contributed by atoms with E-state index in [0.29, 0.717) is 0 Å². The second-order valence-electron chi connectivity index (χ2n) is 17.6. The molecule has 5 nitrogen and oxygen atoms in total. The van der Waals surface area contributed by atoms with Gasteiger partial charge in [0.05, 0.1) is 39.1 Å². The normalized spacial score (nSPS) is 11.8. The van der Waals surface area contributed by atoms with Gasteiger partial charge in [-0.15, -0.1) is 0 Å². The average molecular weight is 866 g/mol. The van der Waals surface area contributed by atoms with E-state index in [1.54, 1.807) is 0 Å². The quantitative estimate of drug-likeness (QED) is 0.150. The number of aromatic nitrogens is 4. The lowest BCUT2D eigenvalue weighted by molar-refractivity contribution is 1.27. The molecular formula is C63H39N5. The molecule has 0 amide bonds. The van der Waals surface area contributed by atoms with E-state index in [-0.39, 0.29) is 0 Å². The summed E-state index contributed by atoms with van der Waals surface area (Å²) in [4.78, 5) is 17.2. The molecule has 5 heterocycles. The van der Waals surface area contributed by atoms with Gasteiger partial charge in [0.2, 0.25) is 0 Å². The molecule has 0 aliphatic heterocycles. The molecule has 0 bridgehead atoms. The Labute approximate surface area is 391 Å². The van der Waals surface area contributed by atoms with Crippen LogP contribution in [0.2, 0.25) is 0 Å². The molecule has 14 rings (SSSR count). The highest BCUT2D eigenvalue weighted by Crippen LogP contribution is 2.42. The Morgan fingerprint density at radius 2 is 0.926 bits per heavy atom. The van der Waals surface area contributed by atoms with Crippen LogP contribution < -0.4 is 4.90 Å². The summed E-state index contributed by atoms with van der Waals surface area (Å²) in [5.74, 6) is 0. The summed E-state index contributed by atoms with van der Waals surface area (Å²) in [7, 11) is 0. The minimum Gasteiger partial charge on any atom is -0.311 e. The first kappa shape index (κ1) is 38.1. The molecule has 5 heteroatoms. The zero-order valence-corrected chi connectivity index (χ0v) is 36.8. The average Bonchev–Trinajstić information content (AvgIpc) is 3.94. The standard InChI is InChI=1S/C63H39N5/c1-2-11-44(12-3-1)62-61-47(13-9-35-64-61)37-58(66-62)43-25-32-50(33-26-43)67(49-30-23-42(24-31-49)57-36-46-20-19-41-10-4-5-14-51(41)56(46)39-65-57)48-28-21-40(22-29-48)45-27-34-53-55-17-8-16-54-52-15-6-7-18-59(52)68(63(54)55)60(53)38-45/h1-39H. The molecule has 316 valence electrons. The molecule has 0 saturated heterocycles. The van der Waals surface area contributed by atoms with Gasteiger partial charge in [0.1, 0.15) is 0 Å². The molecule has 0 atom stereocenters. The summed E-state index contributed by atoms with van der Waals surface area (Å²) in [6.45, 7) is 0. The molecule has 0 aliphatic carbocycles. The Morgan fingerprint density at radius 3 is 1.69 bits per heavy atom. The third kappa shape index (κ3) is 6.06. The lowest BCUT2D eigenvalue weighted by Crippen LogP contribution is -2.09. The maximum atomic E-state index is 5.22. The van der Waals surface area contributed by atoms with Gasteiger partial charge in [0.25, 0.3) is 0 Å². The first-order chi connectivity index (χ1) is 33.7. The van der Waals surface area contributed by atoms with Crippen molar-refractivity contribution >= 4 is 87.6 Å². The molecule has 5 aromatic heterocycles. The molecule has 0 saturated carbocycles. The summed E-state index contributed by atoms with van der Waals surface area (Å²) < 4.78 is 2.45. The summed E-state index contributed by atoms with van der Waals surface area (Å²) in [6, 6.07) is 80.5. The van der Waals surface area contributed by atoms with Crippen molar-refractivity contribution in [2.24, 2.45) is 0 Å². The number of anilines is 3. The fraction of sp³-hybridized carbons (Fsp3) is 0. The van der Waals surface area contributed by atoms with E-state index in [1.807, 2.05) is 36.7 Å². The van der Waals surface area contributed by atoms with Crippen LogP contribution in [0.25, 0.3) is 115 Å². The maximum Gasteiger partial charge on any atom is 0.0972 e. The fourth-order valence-electron chi connectivity index (χ4n) is 10.5. The Kier molecular flexibility index (Phi) is 8.52. The number of fused-ring (bicyclic) bond motifs is 10. The first-order valence-electron chi connectivity index (χ1n) is 23.1. The van der Waals surface area contributed by atoms with Crippen LogP contribution in [0.15, 0.2) is 237 Å². The lowest BCUT2D eigenvalue weighted by Gasteiger charge is -2.26. The summed E-state index contributed by atoms with van der Waals surface area (Å²) in [5.41, 5.74) is 16.0. The number of nitrogens with zero attached hydrogens (tertiary/aromatic N) is 5. The van der Waals surface area contributed by atoms with Crippen LogP contribution in [0.1, 0.15) is 0 Å². The van der Waals surface area contributed by atoms with Crippen molar-refractivity contribution in [3.05, 3.63) is 237 Å². The van der Waals surface area contributed by atoms with Crippen LogP contribution in [-0.4, -0.2) is 19.4 Å². The third-order valence-corrected chi connectivity index (χ3v) is 13.8. The van der Waals surface area contributed by atoms with Crippen molar-refractivity contribution in [3.63, 3.8) is 0 Å². The lowest BCUT2D eigenvalue weighted by atomic mass is 10.0. The summed E-state index contributed by atoms with van der Waals surface area (Å²) >= 11 is 0. The van der Waals surface area contributed by atoms with E-state index in [1.165, 1.54) is 59.8 Å². The highest BCUT2D eigenvalue weighted by Gasteiger charge is 2.19. The van der Waals surface area contributed by atoms with E-state index in [9.17, 15) is 0 Å². The molecule has 0 unspecified atom stereocenters. The molecule has 0 spiro atoms.